The van der Waals surface area contributed by atoms with Gasteiger partial charge in [0.25, 0.3) is 5.91 Å². The Kier molecular flexibility index (Phi) is 6.09. The van der Waals surface area contributed by atoms with E-state index in [1.807, 2.05) is 59.2 Å². The second kappa shape index (κ2) is 9.27. The Hall–Kier alpha value is -4.24. The van der Waals surface area contributed by atoms with Gasteiger partial charge in [0, 0.05) is 18.5 Å². The first-order chi connectivity index (χ1) is 15.6. The van der Waals surface area contributed by atoms with Gasteiger partial charge in [0.05, 0.1) is 24.3 Å². The van der Waals surface area contributed by atoms with Crippen LogP contribution >= 0.6 is 0 Å². The van der Waals surface area contributed by atoms with Crippen LogP contribution in [0.2, 0.25) is 0 Å². The third-order valence-corrected chi connectivity index (χ3v) is 5.39. The second-order valence-corrected chi connectivity index (χ2v) is 7.49. The number of phenolic OH excluding ortho intramolecular Hbond substituents is 1. The van der Waals surface area contributed by atoms with Gasteiger partial charge in [-0.1, -0.05) is 30.3 Å². The van der Waals surface area contributed by atoms with Crippen LogP contribution in [0.5, 0.6) is 11.5 Å². The number of rotatable bonds is 7. The largest absolute Gasteiger partial charge is 0.508 e. The number of phenols is 1. The minimum Gasteiger partial charge on any atom is -0.508 e. The normalized spacial score (nSPS) is 10.6. The molecule has 2 N–H and O–H groups in total. The molecule has 0 radical (unpaired) electrons. The third-order valence-electron chi connectivity index (χ3n) is 5.39. The lowest BCUT2D eigenvalue weighted by molar-refractivity contribution is 0.0945. The molecule has 0 aliphatic rings. The summed E-state index contributed by atoms with van der Waals surface area (Å²) in [6, 6.07) is 24.1. The minimum atomic E-state index is -0.182. The summed E-state index contributed by atoms with van der Waals surface area (Å²) in [5, 5.41) is 22.5. The number of aromatic hydroxyl groups is 1. The summed E-state index contributed by atoms with van der Waals surface area (Å²) in [7, 11) is 1.61. The molecule has 0 aliphatic heterocycles. The summed E-state index contributed by atoms with van der Waals surface area (Å²) in [4.78, 5) is 13.1. The number of aromatic nitrogens is 1. The van der Waals surface area contributed by atoms with Crippen LogP contribution in [-0.4, -0.2) is 29.2 Å². The van der Waals surface area contributed by atoms with Gasteiger partial charge in [-0.2, -0.15) is 5.26 Å². The molecule has 0 bridgehead atoms. The monoisotopic (exact) mass is 425 g/mol. The number of carbonyl (C=O) groups is 1. The molecule has 0 spiro atoms. The first-order valence-corrected chi connectivity index (χ1v) is 10.3. The zero-order valence-corrected chi connectivity index (χ0v) is 17.7. The van der Waals surface area contributed by atoms with Crippen LogP contribution in [0.25, 0.3) is 10.9 Å². The Balaban J connectivity index is 1.63. The molecule has 0 saturated heterocycles. The number of amides is 1. The van der Waals surface area contributed by atoms with Gasteiger partial charge in [0.1, 0.15) is 17.2 Å². The fourth-order valence-electron chi connectivity index (χ4n) is 3.79. The number of nitrogens with zero attached hydrogens (tertiary/aromatic N) is 2. The maximum absolute atomic E-state index is 13.1. The molecule has 0 saturated carbocycles. The molecule has 3 aromatic carbocycles. The van der Waals surface area contributed by atoms with E-state index in [0.29, 0.717) is 36.5 Å². The molecule has 4 rings (SSSR count). The highest BCUT2D eigenvalue weighted by Gasteiger charge is 2.18. The van der Waals surface area contributed by atoms with Crippen LogP contribution in [0, 0.1) is 11.3 Å². The summed E-state index contributed by atoms with van der Waals surface area (Å²) in [5.41, 5.74) is 3.95. The van der Waals surface area contributed by atoms with E-state index in [9.17, 15) is 15.2 Å². The number of ether oxygens (including phenoxy) is 1. The van der Waals surface area contributed by atoms with E-state index in [0.717, 1.165) is 22.0 Å². The average Bonchev–Trinajstić information content (AvgIpc) is 3.19. The maximum atomic E-state index is 13.1. The third kappa shape index (κ3) is 4.42. The van der Waals surface area contributed by atoms with E-state index >= 15 is 0 Å². The highest BCUT2D eigenvalue weighted by molar-refractivity contribution is 6.00. The topological polar surface area (TPSA) is 87.3 Å². The molecule has 4 aromatic rings. The Morgan fingerprint density at radius 3 is 2.59 bits per heavy atom. The lowest BCUT2D eigenvalue weighted by atomic mass is 10.1. The molecule has 0 atom stereocenters. The lowest BCUT2D eigenvalue weighted by Gasteiger charge is -2.12. The van der Waals surface area contributed by atoms with Gasteiger partial charge in [-0.3, -0.25) is 4.79 Å². The van der Waals surface area contributed by atoms with E-state index in [1.54, 1.807) is 25.3 Å². The fraction of sp³-hybridized carbons (Fsp3) is 0.154. The molecule has 6 heteroatoms. The molecule has 32 heavy (non-hydrogen) atoms. The molecule has 0 fully saturated rings. The summed E-state index contributed by atoms with van der Waals surface area (Å²) >= 11 is 0. The first-order valence-electron chi connectivity index (χ1n) is 10.3. The van der Waals surface area contributed by atoms with Gasteiger partial charge in [-0.05, 0) is 60.0 Å². The number of methoxy groups -OCH3 is 1. The zero-order chi connectivity index (χ0) is 22.5. The average molecular weight is 425 g/mol. The van der Waals surface area contributed by atoms with Crippen LogP contribution in [0.1, 0.15) is 27.2 Å². The van der Waals surface area contributed by atoms with Gasteiger partial charge >= 0.3 is 0 Å². The van der Waals surface area contributed by atoms with Crippen LogP contribution < -0.4 is 10.1 Å². The van der Waals surface area contributed by atoms with Gasteiger partial charge < -0.3 is 19.7 Å². The highest BCUT2D eigenvalue weighted by atomic mass is 16.5. The van der Waals surface area contributed by atoms with Crippen molar-refractivity contribution >= 4 is 16.8 Å². The second-order valence-electron chi connectivity index (χ2n) is 7.49. The van der Waals surface area contributed by atoms with E-state index < -0.39 is 0 Å². The number of benzene rings is 3. The van der Waals surface area contributed by atoms with Crippen molar-refractivity contribution in [3.05, 3.63) is 95.2 Å². The zero-order valence-electron chi connectivity index (χ0n) is 17.7. The lowest BCUT2D eigenvalue weighted by Crippen LogP contribution is -2.28. The predicted octanol–water partition coefficient (Wildman–Crippen LogP) is 4.25. The summed E-state index contributed by atoms with van der Waals surface area (Å²) in [5.74, 6) is 0.736. The van der Waals surface area contributed by atoms with Crippen molar-refractivity contribution in [3.8, 4) is 17.6 Å². The van der Waals surface area contributed by atoms with Crippen molar-refractivity contribution < 1.29 is 14.6 Å². The minimum absolute atomic E-state index is 0.182. The summed E-state index contributed by atoms with van der Waals surface area (Å²) in [6.07, 6.45) is 0.653. The van der Waals surface area contributed by atoms with E-state index in [1.165, 1.54) is 0 Å². The molecule has 1 aromatic heterocycles. The van der Waals surface area contributed by atoms with Crippen molar-refractivity contribution in [2.75, 3.05) is 13.7 Å². The molecule has 1 heterocycles. The number of nitrogens with one attached hydrogen (secondary N) is 1. The number of fused-ring (bicyclic) bond motifs is 1. The van der Waals surface area contributed by atoms with Crippen LogP contribution in [0.15, 0.2) is 72.8 Å². The van der Waals surface area contributed by atoms with Gasteiger partial charge in [-0.15, -0.1) is 0 Å². The molecule has 1 amide bonds. The van der Waals surface area contributed by atoms with Gasteiger partial charge in [-0.25, -0.2) is 0 Å². The van der Waals surface area contributed by atoms with E-state index in [-0.39, 0.29) is 11.7 Å². The van der Waals surface area contributed by atoms with Gasteiger partial charge in [0.2, 0.25) is 0 Å². The van der Waals surface area contributed by atoms with E-state index in [4.69, 9.17) is 4.74 Å². The molecule has 0 aliphatic carbocycles. The maximum Gasteiger partial charge on any atom is 0.267 e. The highest BCUT2D eigenvalue weighted by Crippen LogP contribution is 2.29. The summed E-state index contributed by atoms with van der Waals surface area (Å²) in [6.45, 7) is 0.916. The Morgan fingerprint density at radius 2 is 1.84 bits per heavy atom. The molecular weight excluding hydrogens is 402 g/mol. The number of hydrogen-bond acceptors (Lipinski definition) is 4. The van der Waals surface area contributed by atoms with Crippen LogP contribution in [0.4, 0.5) is 0 Å². The quantitative estimate of drug-likeness (QED) is 0.463. The Morgan fingerprint density at radius 1 is 1.06 bits per heavy atom. The number of hydrogen-bond donors (Lipinski definition) is 2. The van der Waals surface area contributed by atoms with Crippen LogP contribution in [0.3, 0.4) is 0 Å². The van der Waals surface area contributed by atoms with Crippen molar-refractivity contribution in [3.63, 3.8) is 0 Å². The van der Waals surface area contributed by atoms with Crippen molar-refractivity contribution in [1.82, 2.24) is 9.88 Å². The predicted molar refractivity (Wildman–Crippen MR) is 123 cm³/mol. The standard InChI is InChI=1S/C26H23N3O3/c1-32-25-7-3-6-23-22(25)15-24(29(23)17-20-5-2-4-19(14-20)16-27)26(31)28-13-12-18-8-10-21(30)11-9-18/h2-11,14-15,30H,12-13,17H2,1H3,(H,28,31). The number of carbonyl (C=O) groups excluding carboxylic acids is 1. The molecular formula is C26H23N3O3. The van der Waals surface area contributed by atoms with Crippen molar-refractivity contribution in [1.29, 1.82) is 5.26 Å². The number of nitriles is 1. The fourth-order valence-corrected chi connectivity index (χ4v) is 3.79. The molecule has 0 unspecified atom stereocenters. The smallest absolute Gasteiger partial charge is 0.267 e. The Labute approximate surface area is 186 Å². The molecule has 6 nitrogen and oxygen atoms in total. The Bertz CT molecular complexity index is 1300. The first kappa shape index (κ1) is 21.0. The van der Waals surface area contributed by atoms with E-state index in [2.05, 4.69) is 11.4 Å². The molecule has 160 valence electrons. The van der Waals surface area contributed by atoms with Crippen molar-refractivity contribution in [2.24, 2.45) is 0 Å². The SMILES string of the molecule is COc1cccc2c1cc(C(=O)NCCc1ccc(O)cc1)n2Cc1cccc(C#N)c1. The van der Waals surface area contributed by atoms with Crippen LogP contribution in [-0.2, 0) is 13.0 Å². The van der Waals surface area contributed by atoms with Crippen molar-refractivity contribution in [2.45, 2.75) is 13.0 Å². The summed E-state index contributed by atoms with van der Waals surface area (Å²) < 4.78 is 7.45. The van der Waals surface area contributed by atoms with Gasteiger partial charge in [0.15, 0.2) is 0 Å².